The van der Waals surface area contributed by atoms with Gasteiger partial charge in [0.25, 0.3) is 0 Å². The smallest absolute Gasteiger partial charge is 0.194 e. The summed E-state index contributed by atoms with van der Waals surface area (Å²) in [5, 5.41) is 23.8. The lowest BCUT2D eigenvalue weighted by atomic mass is 9.85. The Hall–Kier alpha value is -4.89. The number of carbonyl (C=O) groups is 1. The Labute approximate surface area is 208 Å². The third-order valence-electron chi connectivity index (χ3n) is 6.66. The van der Waals surface area contributed by atoms with Crippen LogP contribution >= 0.6 is 0 Å². The lowest BCUT2D eigenvalue weighted by Gasteiger charge is -2.17. The average Bonchev–Trinajstić information content (AvgIpc) is 2.92. The van der Waals surface area contributed by atoms with Crippen LogP contribution in [0.5, 0.6) is 11.5 Å². The summed E-state index contributed by atoms with van der Waals surface area (Å²) < 4.78 is 0. The predicted molar refractivity (Wildman–Crippen MR) is 146 cm³/mol. The maximum atomic E-state index is 14.4. The van der Waals surface area contributed by atoms with Crippen molar-refractivity contribution in [2.24, 2.45) is 0 Å². The molecule has 0 spiro atoms. The molecule has 0 bridgehead atoms. The molecule has 0 amide bonds. The number of hydrogen-bond acceptors (Lipinski definition) is 3. The highest BCUT2D eigenvalue weighted by Gasteiger charge is 2.22. The Morgan fingerprint density at radius 1 is 0.444 bits per heavy atom. The van der Waals surface area contributed by atoms with Crippen molar-refractivity contribution < 1.29 is 15.0 Å². The van der Waals surface area contributed by atoms with Crippen LogP contribution in [-0.2, 0) is 0 Å². The van der Waals surface area contributed by atoms with Crippen LogP contribution in [0.1, 0.15) is 15.9 Å². The van der Waals surface area contributed by atoms with Gasteiger partial charge in [-0.2, -0.15) is 0 Å². The second-order valence-electron chi connectivity index (χ2n) is 8.84. The molecule has 0 fully saturated rings. The molecule has 0 unspecified atom stereocenters. The molecule has 6 aromatic rings. The van der Waals surface area contributed by atoms with Gasteiger partial charge < -0.3 is 10.2 Å². The molecule has 3 heteroatoms. The highest BCUT2D eigenvalue weighted by Crippen LogP contribution is 2.38. The second kappa shape index (κ2) is 8.71. The largest absolute Gasteiger partial charge is 0.508 e. The maximum absolute atomic E-state index is 14.4. The van der Waals surface area contributed by atoms with Gasteiger partial charge in [0.05, 0.1) is 0 Å². The van der Waals surface area contributed by atoms with Gasteiger partial charge in [-0.1, -0.05) is 84.9 Å². The van der Waals surface area contributed by atoms with Gasteiger partial charge in [0.2, 0.25) is 0 Å². The molecular weight excluding hydrogens is 444 g/mol. The molecule has 0 aliphatic rings. The van der Waals surface area contributed by atoms with Gasteiger partial charge in [-0.15, -0.1) is 0 Å². The second-order valence-corrected chi connectivity index (χ2v) is 8.84. The number of aromatic hydroxyl groups is 2. The van der Waals surface area contributed by atoms with Crippen molar-refractivity contribution in [3.8, 4) is 33.8 Å². The Morgan fingerprint density at radius 2 is 0.833 bits per heavy atom. The van der Waals surface area contributed by atoms with E-state index in [0.29, 0.717) is 11.1 Å². The number of hydrogen-bond donors (Lipinski definition) is 2. The Bertz CT molecular complexity index is 1620. The summed E-state index contributed by atoms with van der Waals surface area (Å²) >= 11 is 0. The van der Waals surface area contributed by atoms with E-state index in [9.17, 15) is 15.0 Å². The van der Waals surface area contributed by atoms with Crippen molar-refractivity contribution in [2.75, 3.05) is 0 Å². The first-order valence-electron chi connectivity index (χ1n) is 11.8. The minimum Gasteiger partial charge on any atom is -0.508 e. The van der Waals surface area contributed by atoms with E-state index < -0.39 is 0 Å². The van der Waals surface area contributed by atoms with Gasteiger partial charge in [0, 0.05) is 22.3 Å². The number of phenolic OH excluding ortho intramolecular Hbond substituents is 2. The summed E-state index contributed by atoms with van der Waals surface area (Å²) in [7, 11) is 0. The normalized spacial score (nSPS) is 11.1. The van der Waals surface area contributed by atoms with E-state index in [1.807, 2.05) is 97.1 Å². The van der Waals surface area contributed by atoms with Crippen molar-refractivity contribution >= 4 is 27.3 Å². The zero-order valence-electron chi connectivity index (χ0n) is 19.3. The van der Waals surface area contributed by atoms with Crippen LogP contribution in [0.15, 0.2) is 121 Å². The molecule has 0 aliphatic carbocycles. The van der Waals surface area contributed by atoms with Crippen LogP contribution in [-0.4, -0.2) is 16.0 Å². The summed E-state index contributed by atoms with van der Waals surface area (Å²) in [5.41, 5.74) is 4.58. The first-order chi connectivity index (χ1) is 17.6. The third kappa shape index (κ3) is 3.68. The molecule has 6 rings (SSSR count). The van der Waals surface area contributed by atoms with E-state index in [1.54, 1.807) is 24.3 Å². The van der Waals surface area contributed by atoms with Gasteiger partial charge in [-0.25, -0.2) is 0 Å². The minimum absolute atomic E-state index is 0.0855. The van der Waals surface area contributed by atoms with Crippen molar-refractivity contribution in [3.63, 3.8) is 0 Å². The SMILES string of the molecule is O=C(c1ccc2ccccc2c1-c1ccc(O)cc1)c1ccc2ccccc2c1-c1ccc(O)cc1. The molecule has 172 valence electrons. The van der Waals surface area contributed by atoms with Crippen LogP contribution in [0.3, 0.4) is 0 Å². The van der Waals surface area contributed by atoms with E-state index in [4.69, 9.17) is 0 Å². The van der Waals surface area contributed by atoms with Crippen molar-refractivity contribution in [3.05, 3.63) is 132 Å². The van der Waals surface area contributed by atoms with E-state index in [2.05, 4.69) is 0 Å². The quantitative estimate of drug-likeness (QED) is 0.259. The number of carbonyl (C=O) groups excluding carboxylic acids is 1. The lowest BCUT2D eigenvalue weighted by molar-refractivity contribution is 0.104. The molecule has 0 aliphatic heterocycles. The highest BCUT2D eigenvalue weighted by molar-refractivity contribution is 6.22. The first-order valence-corrected chi connectivity index (χ1v) is 11.8. The zero-order valence-corrected chi connectivity index (χ0v) is 19.3. The minimum atomic E-state index is -0.0855. The summed E-state index contributed by atoms with van der Waals surface area (Å²) in [6, 6.07) is 37.7. The fourth-order valence-corrected chi connectivity index (χ4v) is 4.94. The van der Waals surface area contributed by atoms with Crippen LogP contribution in [0, 0.1) is 0 Å². The molecule has 36 heavy (non-hydrogen) atoms. The molecule has 0 heterocycles. The molecule has 6 aromatic carbocycles. The highest BCUT2D eigenvalue weighted by atomic mass is 16.3. The van der Waals surface area contributed by atoms with Crippen LogP contribution in [0.2, 0.25) is 0 Å². The summed E-state index contributed by atoms with van der Waals surface area (Å²) in [5.74, 6) is 0.268. The Morgan fingerprint density at radius 3 is 1.25 bits per heavy atom. The monoisotopic (exact) mass is 466 g/mol. The number of fused-ring (bicyclic) bond motifs is 2. The average molecular weight is 467 g/mol. The van der Waals surface area contributed by atoms with E-state index >= 15 is 0 Å². The number of ketones is 1. The van der Waals surface area contributed by atoms with Gasteiger partial charge in [0.1, 0.15) is 11.5 Å². The van der Waals surface area contributed by atoms with Crippen LogP contribution in [0.25, 0.3) is 43.8 Å². The topological polar surface area (TPSA) is 57.5 Å². The molecular formula is C33H22O3. The molecule has 0 atom stereocenters. The van der Waals surface area contributed by atoms with Gasteiger partial charge >= 0.3 is 0 Å². The standard InChI is InChI=1S/C33H22O3/c34-25-15-9-23(10-16-25)31-27-7-3-1-5-21(27)13-19-29(31)33(36)30-20-14-22-6-2-4-8-28(22)32(30)24-11-17-26(35)18-12-24/h1-20,34-35H. The number of rotatable bonds is 4. The fourth-order valence-electron chi connectivity index (χ4n) is 4.94. The van der Waals surface area contributed by atoms with E-state index in [1.165, 1.54) is 0 Å². The molecule has 3 nitrogen and oxygen atoms in total. The fraction of sp³-hybridized carbons (Fsp3) is 0. The first kappa shape index (κ1) is 21.6. The molecule has 0 aromatic heterocycles. The van der Waals surface area contributed by atoms with Crippen molar-refractivity contribution in [2.45, 2.75) is 0 Å². The van der Waals surface area contributed by atoms with E-state index in [-0.39, 0.29) is 17.3 Å². The molecule has 2 N–H and O–H groups in total. The Kier molecular flexibility index (Phi) is 5.24. The lowest BCUT2D eigenvalue weighted by Crippen LogP contribution is -2.06. The summed E-state index contributed by atoms with van der Waals surface area (Å²) in [6.07, 6.45) is 0. The van der Waals surface area contributed by atoms with Crippen LogP contribution < -0.4 is 0 Å². The molecule has 0 saturated carbocycles. The number of phenols is 2. The number of benzene rings is 6. The van der Waals surface area contributed by atoms with Gasteiger partial charge in [-0.3, -0.25) is 4.79 Å². The molecule has 0 radical (unpaired) electrons. The van der Waals surface area contributed by atoms with Gasteiger partial charge in [0.15, 0.2) is 5.78 Å². The predicted octanol–water partition coefficient (Wildman–Crippen LogP) is 7.97. The van der Waals surface area contributed by atoms with Crippen molar-refractivity contribution in [1.29, 1.82) is 0 Å². The van der Waals surface area contributed by atoms with Gasteiger partial charge in [-0.05, 0) is 69.1 Å². The molecule has 0 saturated heterocycles. The third-order valence-corrected chi connectivity index (χ3v) is 6.66. The summed E-state index contributed by atoms with van der Waals surface area (Å²) in [6.45, 7) is 0. The van der Waals surface area contributed by atoms with E-state index in [0.717, 1.165) is 43.8 Å². The van der Waals surface area contributed by atoms with Crippen molar-refractivity contribution in [1.82, 2.24) is 0 Å². The zero-order chi connectivity index (χ0) is 24.6. The summed E-state index contributed by atoms with van der Waals surface area (Å²) in [4.78, 5) is 14.4. The Balaban J connectivity index is 1.64. The van der Waals surface area contributed by atoms with Crippen LogP contribution in [0.4, 0.5) is 0 Å². The maximum Gasteiger partial charge on any atom is 0.194 e.